The molecule has 1 N–H and O–H groups in total. The van der Waals surface area contributed by atoms with Crippen LogP contribution in [0.25, 0.3) is 0 Å². The molecule has 0 spiro atoms. The number of amides is 1. The molecule has 4 heteroatoms. The highest BCUT2D eigenvalue weighted by Crippen LogP contribution is 2.28. The lowest BCUT2D eigenvalue weighted by Gasteiger charge is -2.30. The van der Waals surface area contributed by atoms with Crippen molar-refractivity contribution in [2.24, 2.45) is 5.92 Å². The third kappa shape index (κ3) is 3.69. The number of nitrogens with zero attached hydrogens (tertiary/aromatic N) is 2. The van der Waals surface area contributed by atoms with Crippen LogP contribution in [-0.2, 0) is 4.79 Å². The molecule has 0 aromatic rings. The second-order valence-electron chi connectivity index (χ2n) is 6.46. The molecular weight excluding hydrogens is 238 g/mol. The minimum Gasteiger partial charge on any atom is -0.342 e. The zero-order chi connectivity index (χ0) is 13.1. The van der Waals surface area contributed by atoms with Crippen LogP contribution in [0.4, 0.5) is 0 Å². The topological polar surface area (TPSA) is 35.6 Å². The molecule has 19 heavy (non-hydrogen) atoms. The van der Waals surface area contributed by atoms with Crippen molar-refractivity contribution in [3.05, 3.63) is 0 Å². The summed E-state index contributed by atoms with van der Waals surface area (Å²) in [7, 11) is 0. The molecule has 1 unspecified atom stereocenters. The Morgan fingerprint density at radius 2 is 1.95 bits per heavy atom. The first-order chi connectivity index (χ1) is 9.33. The lowest BCUT2D eigenvalue weighted by atomic mass is 9.99. The van der Waals surface area contributed by atoms with Crippen molar-refractivity contribution in [3.63, 3.8) is 0 Å². The van der Waals surface area contributed by atoms with Crippen molar-refractivity contribution in [1.29, 1.82) is 0 Å². The van der Waals surface area contributed by atoms with Gasteiger partial charge in [0.1, 0.15) is 0 Å². The molecule has 0 bridgehead atoms. The van der Waals surface area contributed by atoms with Gasteiger partial charge in [-0.3, -0.25) is 9.69 Å². The van der Waals surface area contributed by atoms with E-state index in [9.17, 15) is 4.79 Å². The van der Waals surface area contributed by atoms with E-state index in [1.165, 1.54) is 45.1 Å². The smallest absolute Gasteiger partial charge is 0.236 e. The summed E-state index contributed by atoms with van der Waals surface area (Å²) >= 11 is 0. The molecular formula is C15H27N3O. The van der Waals surface area contributed by atoms with Crippen LogP contribution in [0.3, 0.4) is 0 Å². The van der Waals surface area contributed by atoms with Gasteiger partial charge in [-0.05, 0) is 57.5 Å². The van der Waals surface area contributed by atoms with Gasteiger partial charge in [-0.25, -0.2) is 0 Å². The molecule has 1 aliphatic carbocycles. The number of rotatable bonds is 5. The minimum absolute atomic E-state index is 0.369. The van der Waals surface area contributed by atoms with Crippen LogP contribution in [-0.4, -0.2) is 61.0 Å². The normalized spacial score (nSPS) is 28.1. The number of carbonyl (C=O) groups is 1. The van der Waals surface area contributed by atoms with E-state index in [0.29, 0.717) is 18.5 Å². The third-order valence-corrected chi connectivity index (χ3v) is 4.75. The number of carbonyl (C=O) groups excluding carboxylic acids is 1. The van der Waals surface area contributed by atoms with Crippen LogP contribution in [0.2, 0.25) is 0 Å². The first-order valence-corrected chi connectivity index (χ1v) is 8.05. The van der Waals surface area contributed by atoms with Crippen molar-refractivity contribution >= 4 is 5.91 Å². The first kappa shape index (κ1) is 13.4. The lowest BCUT2D eigenvalue weighted by molar-refractivity contribution is -0.131. The van der Waals surface area contributed by atoms with Crippen molar-refractivity contribution < 1.29 is 4.79 Å². The van der Waals surface area contributed by atoms with Gasteiger partial charge < -0.3 is 10.2 Å². The number of hydrogen-bond acceptors (Lipinski definition) is 3. The van der Waals surface area contributed by atoms with Crippen LogP contribution >= 0.6 is 0 Å². The predicted molar refractivity (Wildman–Crippen MR) is 76.0 cm³/mol. The summed E-state index contributed by atoms with van der Waals surface area (Å²) in [5.74, 6) is 1.12. The maximum Gasteiger partial charge on any atom is 0.236 e. The van der Waals surface area contributed by atoms with Crippen LogP contribution in [0, 0.1) is 5.92 Å². The summed E-state index contributed by atoms with van der Waals surface area (Å²) in [6, 6.07) is 0.702. The van der Waals surface area contributed by atoms with E-state index in [4.69, 9.17) is 0 Å². The summed E-state index contributed by atoms with van der Waals surface area (Å²) in [6.07, 6.45) is 7.61. The monoisotopic (exact) mass is 265 g/mol. The van der Waals surface area contributed by atoms with Gasteiger partial charge in [0.15, 0.2) is 0 Å². The molecule has 1 amide bonds. The summed E-state index contributed by atoms with van der Waals surface area (Å²) in [6.45, 7) is 6.08. The fraction of sp³-hybridized carbons (Fsp3) is 0.933. The average Bonchev–Trinajstić information content (AvgIpc) is 3.13. The highest BCUT2D eigenvalue weighted by atomic mass is 16.2. The van der Waals surface area contributed by atoms with E-state index < -0.39 is 0 Å². The highest BCUT2D eigenvalue weighted by molar-refractivity contribution is 5.78. The molecule has 108 valence electrons. The quantitative estimate of drug-likeness (QED) is 0.808. The lowest BCUT2D eigenvalue weighted by Crippen LogP contribution is -2.44. The Morgan fingerprint density at radius 3 is 2.58 bits per heavy atom. The van der Waals surface area contributed by atoms with E-state index in [1.807, 2.05) is 0 Å². The molecule has 2 heterocycles. The Bertz CT molecular complexity index is 305. The van der Waals surface area contributed by atoms with E-state index in [1.54, 1.807) is 0 Å². The molecule has 1 atom stereocenters. The Hall–Kier alpha value is -0.610. The Balaban J connectivity index is 1.50. The third-order valence-electron chi connectivity index (χ3n) is 4.75. The van der Waals surface area contributed by atoms with Crippen LogP contribution in [0.5, 0.6) is 0 Å². The molecule has 3 rings (SSSR count). The molecule has 0 aromatic heterocycles. The van der Waals surface area contributed by atoms with E-state index in [-0.39, 0.29) is 0 Å². The average molecular weight is 265 g/mol. The molecule has 3 aliphatic rings. The number of piperidine rings is 1. The number of hydrogen-bond donors (Lipinski definition) is 1. The molecule has 2 saturated heterocycles. The highest BCUT2D eigenvalue weighted by Gasteiger charge is 2.33. The second kappa shape index (κ2) is 6.23. The molecule has 3 fully saturated rings. The fourth-order valence-corrected chi connectivity index (χ4v) is 3.43. The van der Waals surface area contributed by atoms with Crippen LogP contribution in [0.15, 0.2) is 0 Å². The van der Waals surface area contributed by atoms with Crippen molar-refractivity contribution in [2.45, 2.75) is 44.6 Å². The van der Waals surface area contributed by atoms with Gasteiger partial charge in [-0.1, -0.05) is 0 Å². The maximum atomic E-state index is 12.3. The van der Waals surface area contributed by atoms with Gasteiger partial charge in [-0.15, -0.1) is 0 Å². The van der Waals surface area contributed by atoms with E-state index >= 15 is 0 Å². The number of nitrogens with one attached hydrogen (secondary N) is 1. The second-order valence-corrected chi connectivity index (χ2v) is 6.46. The predicted octanol–water partition coefficient (Wildman–Crippen LogP) is 1.07. The van der Waals surface area contributed by atoms with Gasteiger partial charge >= 0.3 is 0 Å². The molecule has 1 saturated carbocycles. The van der Waals surface area contributed by atoms with Crippen LogP contribution < -0.4 is 5.32 Å². The van der Waals surface area contributed by atoms with E-state index in [2.05, 4.69) is 15.1 Å². The van der Waals surface area contributed by atoms with Gasteiger partial charge in [-0.2, -0.15) is 0 Å². The largest absolute Gasteiger partial charge is 0.342 e. The molecule has 2 aliphatic heterocycles. The Labute approximate surface area is 116 Å². The van der Waals surface area contributed by atoms with Crippen LogP contribution in [0.1, 0.15) is 38.5 Å². The summed E-state index contributed by atoms with van der Waals surface area (Å²) < 4.78 is 0. The van der Waals surface area contributed by atoms with Crippen molar-refractivity contribution in [1.82, 2.24) is 15.1 Å². The Morgan fingerprint density at radius 1 is 1.16 bits per heavy atom. The summed E-state index contributed by atoms with van der Waals surface area (Å²) in [5.41, 5.74) is 0. The zero-order valence-electron chi connectivity index (χ0n) is 11.9. The number of likely N-dealkylation sites (tertiary alicyclic amines) is 1. The van der Waals surface area contributed by atoms with Gasteiger partial charge in [0.2, 0.25) is 5.91 Å². The molecule has 4 nitrogen and oxygen atoms in total. The molecule has 0 aromatic carbocycles. The summed E-state index contributed by atoms with van der Waals surface area (Å²) in [5, 5.41) is 3.49. The summed E-state index contributed by atoms with van der Waals surface area (Å²) in [4.78, 5) is 16.8. The van der Waals surface area contributed by atoms with Gasteiger partial charge in [0, 0.05) is 25.7 Å². The maximum absolute atomic E-state index is 12.3. The zero-order valence-corrected chi connectivity index (χ0v) is 11.9. The van der Waals surface area contributed by atoms with Gasteiger partial charge in [0.25, 0.3) is 0 Å². The fourth-order valence-electron chi connectivity index (χ4n) is 3.43. The van der Waals surface area contributed by atoms with Crippen molar-refractivity contribution in [2.75, 3.05) is 39.3 Å². The Kier molecular flexibility index (Phi) is 4.38. The first-order valence-electron chi connectivity index (χ1n) is 8.05. The van der Waals surface area contributed by atoms with Gasteiger partial charge in [0.05, 0.1) is 6.54 Å². The minimum atomic E-state index is 0.369. The standard InChI is InChI=1S/C15H27N3O/c19-15(17-8-1-2-9-17)12-18(14-5-6-14)11-13-4-3-7-16-10-13/h13-14,16H,1-12H2. The molecule has 0 radical (unpaired) electrons. The SMILES string of the molecule is O=C(CN(CC1CCCNC1)C1CC1)N1CCCC1. The van der Waals surface area contributed by atoms with Crippen molar-refractivity contribution in [3.8, 4) is 0 Å². The van der Waals surface area contributed by atoms with E-state index in [0.717, 1.165) is 32.1 Å².